The molecule has 29 heavy (non-hydrogen) atoms. The Morgan fingerprint density at radius 3 is 2.62 bits per heavy atom. The number of amides is 1. The first-order valence-corrected chi connectivity index (χ1v) is 9.72. The third-order valence-electron chi connectivity index (χ3n) is 5.02. The van der Waals surface area contributed by atoms with E-state index in [0.29, 0.717) is 23.0 Å². The highest BCUT2D eigenvalue weighted by Crippen LogP contribution is 2.30. The van der Waals surface area contributed by atoms with Crippen molar-refractivity contribution >= 4 is 16.8 Å². The maximum absolute atomic E-state index is 14.6. The van der Waals surface area contributed by atoms with Crippen LogP contribution in [0.15, 0.2) is 30.3 Å². The first kappa shape index (κ1) is 19.5. The minimum absolute atomic E-state index is 0.186. The van der Waals surface area contributed by atoms with Crippen molar-refractivity contribution in [2.24, 2.45) is 0 Å². The number of nitrogens with one attached hydrogen (secondary N) is 2. The number of nitrogens with zero attached hydrogens (tertiary/aromatic N) is 2. The topological polar surface area (TPSA) is 61.0 Å². The quantitative estimate of drug-likeness (QED) is 0.691. The van der Waals surface area contributed by atoms with Crippen LogP contribution in [-0.4, -0.2) is 39.6 Å². The second kappa shape index (κ2) is 7.22. The van der Waals surface area contributed by atoms with Gasteiger partial charge in [0.2, 0.25) is 0 Å². The fraction of sp³-hybridized carbons (Fsp3) is 0.364. The van der Waals surface area contributed by atoms with Gasteiger partial charge in [0.05, 0.1) is 5.52 Å². The summed E-state index contributed by atoms with van der Waals surface area (Å²) >= 11 is 0. The molecule has 1 aliphatic rings. The molecule has 3 aromatic rings. The van der Waals surface area contributed by atoms with E-state index in [1.807, 2.05) is 20.8 Å². The highest BCUT2D eigenvalue weighted by Gasteiger charge is 2.21. The number of rotatable bonds is 4. The average molecular weight is 398 g/mol. The number of halogens is 2. The summed E-state index contributed by atoms with van der Waals surface area (Å²) in [5.74, 6) is -2.07. The van der Waals surface area contributed by atoms with Crippen molar-refractivity contribution in [1.82, 2.24) is 20.4 Å². The van der Waals surface area contributed by atoms with Gasteiger partial charge in [0, 0.05) is 23.0 Å². The van der Waals surface area contributed by atoms with Gasteiger partial charge in [-0.2, -0.15) is 5.10 Å². The molecule has 5 nitrogen and oxygen atoms in total. The lowest BCUT2D eigenvalue weighted by atomic mass is 9.99. The minimum Gasteiger partial charge on any atom is -0.346 e. The standard InChI is InChI=1S/C22H24F2N4O/c1-22(2,3)25-21(29)20-16-11-14(5-6-18(16)26-27-20)15-9-13(10-17(23)19(15)24)12-28-7-4-8-28/h5-6,9-11H,4,7-8,12H2,1-3H3,(H,25,29)(H,26,27). The summed E-state index contributed by atoms with van der Waals surface area (Å²) in [6.45, 7) is 8.19. The lowest BCUT2D eigenvalue weighted by Gasteiger charge is -2.30. The van der Waals surface area contributed by atoms with Crippen LogP contribution < -0.4 is 5.32 Å². The summed E-state index contributed by atoms with van der Waals surface area (Å²) in [5.41, 5.74) is 1.90. The molecule has 2 aromatic carbocycles. The zero-order valence-corrected chi connectivity index (χ0v) is 16.8. The number of H-pyrrole nitrogens is 1. The maximum atomic E-state index is 14.6. The van der Waals surface area contributed by atoms with Crippen LogP contribution >= 0.6 is 0 Å². The Kier molecular flexibility index (Phi) is 4.86. The monoisotopic (exact) mass is 398 g/mol. The molecular weight excluding hydrogens is 374 g/mol. The fourth-order valence-corrected chi connectivity index (χ4v) is 3.50. The summed E-state index contributed by atoms with van der Waals surface area (Å²) in [7, 11) is 0. The number of aromatic nitrogens is 2. The van der Waals surface area contributed by atoms with E-state index in [1.54, 1.807) is 24.3 Å². The van der Waals surface area contributed by atoms with Gasteiger partial charge in [-0.1, -0.05) is 6.07 Å². The van der Waals surface area contributed by atoms with E-state index in [4.69, 9.17) is 0 Å². The van der Waals surface area contributed by atoms with Crippen molar-refractivity contribution in [1.29, 1.82) is 0 Å². The van der Waals surface area contributed by atoms with Crippen molar-refractivity contribution in [2.45, 2.75) is 39.3 Å². The van der Waals surface area contributed by atoms with E-state index in [1.165, 1.54) is 6.07 Å². The highest BCUT2D eigenvalue weighted by molar-refractivity contribution is 6.05. The van der Waals surface area contributed by atoms with Gasteiger partial charge >= 0.3 is 0 Å². The normalized spacial score (nSPS) is 14.8. The maximum Gasteiger partial charge on any atom is 0.272 e. The molecule has 0 atom stereocenters. The summed E-state index contributed by atoms with van der Waals surface area (Å²) in [6.07, 6.45) is 1.13. The highest BCUT2D eigenvalue weighted by atomic mass is 19.2. The van der Waals surface area contributed by atoms with E-state index in [2.05, 4.69) is 20.4 Å². The molecule has 1 saturated heterocycles. The molecule has 0 spiro atoms. The predicted octanol–water partition coefficient (Wildman–Crippen LogP) is 4.24. The van der Waals surface area contributed by atoms with E-state index >= 15 is 0 Å². The van der Waals surface area contributed by atoms with Gasteiger partial charge in [-0.15, -0.1) is 0 Å². The van der Waals surface area contributed by atoms with Crippen LogP contribution in [0.2, 0.25) is 0 Å². The molecular formula is C22H24F2N4O. The Hall–Kier alpha value is -2.80. The van der Waals surface area contributed by atoms with E-state index in [-0.39, 0.29) is 17.2 Å². The molecule has 0 bridgehead atoms. The molecule has 1 fully saturated rings. The summed E-state index contributed by atoms with van der Waals surface area (Å²) in [5, 5.41) is 10.4. The molecule has 7 heteroatoms. The third-order valence-corrected chi connectivity index (χ3v) is 5.02. The van der Waals surface area contributed by atoms with Gasteiger partial charge in [0.1, 0.15) is 0 Å². The van der Waals surface area contributed by atoms with E-state index < -0.39 is 17.2 Å². The molecule has 1 aliphatic heterocycles. The Bertz CT molecular complexity index is 1080. The Morgan fingerprint density at radius 2 is 1.97 bits per heavy atom. The van der Waals surface area contributed by atoms with Crippen LogP contribution in [0.3, 0.4) is 0 Å². The smallest absolute Gasteiger partial charge is 0.272 e. The first-order chi connectivity index (χ1) is 13.7. The average Bonchev–Trinajstić information content (AvgIpc) is 3.02. The number of hydrogen-bond acceptors (Lipinski definition) is 3. The summed E-state index contributed by atoms with van der Waals surface area (Å²) < 4.78 is 28.9. The van der Waals surface area contributed by atoms with Crippen molar-refractivity contribution in [3.63, 3.8) is 0 Å². The number of likely N-dealkylation sites (tertiary alicyclic amines) is 1. The molecule has 2 N–H and O–H groups in total. The molecule has 0 aliphatic carbocycles. The largest absolute Gasteiger partial charge is 0.346 e. The van der Waals surface area contributed by atoms with Gasteiger partial charge in [0.25, 0.3) is 5.91 Å². The molecule has 1 amide bonds. The second-order valence-electron chi connectivity index (χ2n) is 8.61. The van der Waals surface area contributed by atoms with Crippen molar-refractivity contribution in [2.75, 3.05) is 13.1 Å². The van der Waals surface area contributed by atoms with Crippen LogP contribution in [0.1, 0.15) is 43.2 Å². The second-order valence-corrected chi connectivity index (χ2v) is 8.61. The number of fused-ring (bicyclic) bond motifs is 1. The molecule has 0 unspecified atom stereocenters. The van der Waals surface area contributed by atoms with Crippen molar-refractivity contribution in [3.8, 4) is 11.1 Å². The molecule has 2 heterocycles. The molecule has 0 saturated carbocycles. The Labute approximate surface area is 168 Å². The lowest BCUT2D eigenvalue weighted by Crippen LogP contribution is -2.40. The van der Waals surface area contributed by atoms with Gasteiger partial charge in [0.15, 0.2) is 17.3 Å². The number of carbonyl (C=O) groups excluding carboxylic acids is 1. The lowest BCUT2D eigenvalue weighted by molar-refractivity contribution is 0.0916. The summed E-state index contributed by atoms with van der Waals surface area (Å²) in [6, 6.07) is 8.06. The van der Waals surface area contributed by atoms with Gasteiger partial charge in [-0.3, -0.25) is 14.8 Å². The van der Waals surface area contributed by atoms with Crippen molar-refractivity contribution in [3.05, 3.63) is 53.2 Å². The van der Waals surface area contributed by atoms with Crippen LogP contribution in [0.5, 0.6) is 0 Å². The predicted molar refractivity (Wildman–Crippen MR) is 109 cm³/mol. The third kappa shape index (κ3) is 4.00. The molecule has 1 aromatic heterocycles. The Morgan fingerprint density at radius 1 is 1.21 bits per heavy atom. The minimum atomic E-state index is -0.888. The van der Waals surface area contributed by atoms with Crippen LogP contribution in [-0.2, 0) is 6.54 Å². The number of carbonyl (C=O) groups is 1. The van der Waals surface area contributed by atoms with E-state index in [9.17, 15) is 13.6 Å². The van der Waals surface area contributed by atoms with Crippen LogP contribution in [0.4, 0.5) is 8.78 Å². The van der Waals surface area contributed by atoms with Gasteiger partial charge < -0.3 is 5.32 Å². The van der Waals surface area contributed by atoms with Gasteiger partial charge in [-0.25, -0.2) is 8.78 Å². The Balaban J connectivity index is 1.74. The number of hydrogen-bond donors (Lipinski definition) is 2. The SMILES string of the molecule is CC(C)(C)NC(=O)c1n[nH]c2ccc(-c3cc(CN4CCC4)cc(F)c3F)cc12. The molecule has 152 valence electrons. The summed E-state index contributed by atoms with van der Waals surface area (Å²) in [4.78, 5) is 14.8. The van der Waals surface area contributed by atoms with E-state index in [0.717, 1.165) is 25.1 Å². The van der Waals surface area contributed by atoms with Crippen LogP contribution in [0.25, 0.3) is 22.0 Å². The van der Waals surface area contributed by atoms with Gasteiger partial charge in [-0.05, 0) is 75.7 Å². The number of aromatic amines is 1. The van der Waals surface area contributed by atoms with Crippen molar-refractivity contribution < 1.29 is 13.6 Å². The zero-order valence-electron chi connectivity index (χ0n) is 16.8. The van der Waals surface area contributed by atoms with Crippen LogP contribution in [0, 0.1) is 11.6 Å². The zero-order chi connectivity index (χ0) is 20.8. The molecule has 4 rings (SSSR count). The fourth-order valence-electron chi connectivity index (χ4n) is 3.50. The molecule has 0 radical (unpaired) electrons. The first-order valence-electron chi connectivity index (χ1n) is 9.72. The number of benzene rings is 2.